The standard InChI is InChI=1S/C27H22N4S/c1-4-11-22(12-5-1)20-30(24-13-6-2-7-14-24)28-19-23-21-31(25-15-8-3-9-16-25)29-27(23)26-17-10-18-32-26/h1-19,21H,20H2. The van der Waals surface area contributed by atoms with Crippen LogP contribution >= 0.6 is 11.3 Å². The molecule has 0 spiro atoms. The molecular formula is C27H22N4S. The van der Waals surface area contributed by atoms with E-state index in [0.717, 1.165) is 27.5 Å². The van der Waals surface area contributed by atoms with Crippen LogP contribution in [0.1, 0.15) is 11.1 Å². The van der Waals surface area contributed by atoms with Crippen LogP contribution < -0.4 is 5.01 Å². The number of rotatable bonds is 7. The second-order valence-electron chi connectivity index (χ2n) is 7.31. The van der Waals surface area contributed by atoms with Gasteiger partial charge in [-0.1, -0.05) is 72.8 Å². The van der Waals surface area contributed by atoms with E-state index in [2.05, 4.69) is 60.0 Å². The second-order valence-corrected chi connectivity index (χ2v) is 8.26. The van der Waals surface area contributed by atoms with Crippen LogP contribution in [-0.4, -0.2) is 16.0 Å². The molecule has 2 heterocycles. The van der Waals surface area contributed by atoms with E-state index < -0.39 is 0 Å². The van der Waals surface area contributed by atoms with Crippen molar-refractivity contribution in [1.82, 2.24) is 9.78 Å². The van der Waals surface area contributed by atoms with Gasteiger partial charge in [-0.25, -0.2) is 4.68 Å². The minimum atomic E-state index is 0.683. The fraction of sp³-hybridized carbons (Fsp3) is 0.0370. The number of nitrogens with zero attached hydrogens (tertiary/aromatic N) is 4. The summed E-state index contributed by atoms with van der Waals surface area (Å²) < 4.78 is 1.92. The molecule has 3 aromatic carbocycles. The van der Waals surface area contributed by atoms with E-state index in [-0.39, 0.29) is 0 Å². The Hall–Kier alpha value is -3.96. The Kier molecular flexibility index (Phi) is 5.90. The first-order valence-electron chi connectivity index (χ1n) is 10.5. The van der Waals surface area contributed by atoms with Crippen LogP contribution in [0, 0.1) is 0 Å². The van der Waals surface area contributed by atoms with Crippen molar-refractivity contribution in [2.24, 2.45) is 5.10 Å². The van der Waals surface area contributed by atoms with Gasteiger partial charge in [0.15, 0.2) is 0 Å². The van der Waals surface area contributed by atoms with Gasteiger partial charge in [0.1, 0.15) is 5.69 Å². The topological polar surface area (TPSA) is 33.4 Å². The Morgan fingerprint density at radius 3 is 2.19 bits per heavy atom. The van der Waals surface area contributed by atoms with E-state index in [0.29, 0.717) is 6.54 Å². The molecule has 4 nitrogen and oxygen atoms in total. The van der Waals surface area contributed by atoms with Crippen LogP contribution in [0.3, 0.4) is 0 Å². The average molecular weight is 435 g/mol. The summed E-state index contributed by atoms with van der Waals surface area (Å²) in [6.45, 7) is 0.683. The van der Waals surface area contributed by atoms with Crippen molar-refractivity contribution in [3.63, 3.8) is 0 Å². The normalized spacial score (nSPS) is 11.1. The monoisotopic (exact) mass is 434 g/mol. The zero-order chi connectivity index (χ0) is 21.6. The lowest BCUT2D eigenvalue weighted by Crippen LogP contribution is -2.16. The zero-order valence-corrected chi connectivity index (χ0v) is 18.3. The van der Waals surface area contributed by atoms with Crippen LogP contribution in [0.2, 0.25) is 0 Å². The molecule has 0 amide bonds. The summed E-state index contributed by atoms with van der Waals surface area (Å²) in [6, 6.07) is 34.9. The molecule has 0 aliphatic rings. The quantitative estimate of drug-likeness (QED) is 0.212. The van der Waals surface area contributed by atoms with Crippen molar-refractivity contribution in [2.75, 3.05) is 5.01 Å². The Labute approximate surface area is 191 Å². The van der Waals surface area contributed by atoms with Crippen LogP contribution in [0.4, 0.5) is 5.69 Å². The number of hydrazone groups is 1. The Morgan fingerprint density at radius 1 is 0.812 bits per heavy atom. The van der Waals surface area contributed by atoms with E-state index in [1.807, 2.05) is 70.6 Å². The minimum Gasteiger partial charge on any atom is -0.261 e. The Bertz CT molecular complexity index is 1280. The summed E-state index contributed by atoms with van der Waals surface area (Å²) in [5.41, 5.74) is 5.17. The highest BCUT2D eigenvalue weighted by Gasteiger charge is 2.13. The maximum absolute atomic E-state index is 4.90. The molecule has 5 aromatic rings. The summed E-state index contributed by atoms with van der Waals surface area (Å²) in [7, 11) is 0. The highest BCUT2D eigenvalue weighted by Crippen LogP contribution is 2.27. The molecule has 5 heteroatoms. The number of benzene rings is 3. The first-order valence-corrected chi connectivity index (χ1v) is 11.3. The third-order valence-electron chi connectivity index (χ3n) is 5.08. The van der Waals surface area contributed by atoms with Gasteiger partial charge in [-0.2, -0.15) is 10.2 Å². The average Bonchev–Trinajstić information content (AvgIpc) is 3.54. The zero-order valence-electron chi connectivity index (χ0n) is 17.5. The molecule has 0 fully saturated rings. The smallest absolute Gasteiger partial charge is 0.112 e. The fourth-order valence-electron chi connectivity index (χ4n) is 3.49. The number of anilines is 1. The van der Waals surface area contributed by atoms with Crippen molar-refractivity contribution in [3.05, 3.63) is 126 Å². The molecule has 0 radical (unpaired) electrons. The van der Waals surface area contributed by atoms with E-state index >= 15 is 0 Å². The van der Waals surface area contributed by atoms with Crippen molar-refractivity contribution in [2.45, 2.75) is 6.54 Å². The predicted octanol–water partition coefficient (Wildman–Crippen LogP) is 6.64. The number of hydrogen-bond acceptors (Lipinski definition) is 4. The van der Waals surface area contributed by atoms with Gasteiger partial charge in [-0.3, -0.25) is 5.01 Å². The number of para-hydroxylation sites is 2. The first-order chi connectivity index (χ1) is 15.9. The molecule has 156 valence electrons. The summed E-state index contributed by atoms with van der Waals surface area (Å²) >= 11 is 1.68. The van der Waals surface area contributed by atoms with E-state index in [1.54, 1.807) is 11.3 Å². The van der Waals surface area contributed by atoms with Gasteiger partial charge in [-0.15, -0.1) is 11.3 Å². The lowest BCUT2D eigenvalue weighted by Gasteiger charge is -2.19. The van der Waals surface area contributed by atoms with E-state index in [4.69, 9.17) is 10.2 Å². The Balaban J connectivity index is 1.52. The minimum absolute atomic E-state index is 0.683. The third kappa shape index (κ3) is 4.53. The number of aromatic nitrogens is 2. The molecule has 0 saturated carbocycles. The highest BCUT2D eigenvalue weighted by atomic mass is 32.1. The molecule has 32 heavy (non-hydrogen) atoms. The summed E-state index contributed by atoms with van der Waals surface area (Å²) in [6.07, 6.45) is 3.96. The SMILES string of the molecule is C(=NN(Cc1ccccc1)c1ccccc1)c1cn(-c2ccccc2)nc1-c1cccs1. The van der Waals surface area contributed by atoms with Gasteiger partial charge in [0.2, 0.25) is 0 Å². The summed E-state index contributed by atoms with van der Waals surface area (Å²) in [5.74, 6) is 0. The fourth-order valence-corrected chi connectivity index (χ4v) is 4.22. The first kappa shape index (κ1) is 20.0. The van der Waals surface area contributed by atoms with Gasteiger partial charge in [0, 0.05) is 11.8 Å². The van der Waals surface area contributed by atoms with Gasteiger partial charge in [0.05, 0.1) is 29.0 Å². The van der Waals surface area contributed by atoms with E-state index in [1.165, 1.54) is 5.56 Å². The maximum Gasteiger partial charge on any atom is 0.112 e. The molecule has 0 saturated heterocycles. The Morgan fingerprint density at radius 2 is 1.50 bits per heavy atom. The van der Waals surface area contributed by atoms with Gasteiger partial charge >= 0.3 is 0 Å². The predicted molar refractivity (Wildman–Crippen MR) is 134 cm³/mol. The highest BCUT2D eigenvalue weighted by molar-refractivity contribution is 7.13. The van der Waals surface area contributed by atoms with E-state index in [9.17, 15) is 0 Å². The van der Waals surface area contributed by atoms with Crippen molar-refractivity contribution >= 4 is 23.2 Å². The van der Waals surface area contributed by atoms with Crippen LogP contribution in [0.15, 0.2) is 120 Å². The molecule has 0 N–H and O–H groups in total. The van der Waals surface area contributed by atoms with Crippen molar-refractivity contribution in [3.8, 4) is 16.3 Å². The van der Waals surface area contributed by atoms with Gasteiger partial charge < -0.3 is 0 Å². The molecule has 0 unspecified atom stereocenters. The van der Waals surface area contributed by atoms with Gasteiger partial charge in [0.25, 0.3) is 0 Å². The molecule has 5 rings (SSSR count). The largest absolute Gasteiger partial charge is 0.261 e. The molecular weight excluding hydrogens is 412 g/mol. The summed E-state index contributed by atoms with van der Waals surface area (Å²) in [5, 5.41) is 13.9. The van der Waals surface area contributed by atoms with Crippen LogP contribution in [0.5, 0.6) is 0 Å². The maximum atomic E-state index is 4.90. The van der Waals surface area contributed by atoms with Crippen molar-refractivity contribution < 1.29 is 0 Å². The number of thiophene rings is 1. The molecule has 0 bridgehead atoms. The number of hydrogen-bond donors (Lipinski definition) is 0. The summed E-state index contributed by atoms with van der Waals surface area (Å²) in [4.78, 5) is 1.12. The molecule has 2 aromatic heterocycles. The second kappa shape index (κ2) is 9.45. The third-order valence-corrected chi connectivity index (χ3v) is 5.96. The van der Waals surface area contributed by atoms with Crippen LogP contribution in [0.25, 0.3) is 16.3 Å². The lowest BCUT2D eigenvalue weighted by molar-refractivity contribution is 0.858. The molecule has 0 aliphatic carbocycles. The molecule has 0 atom stereocenters. The lowest BCUT2D eigenvalue weighted by atomic mass is 10.2. The van der Waals surface area contributed by atoms with Crippen molar-refractivity contribution in [1.29, 1.82) is 0 Å². The van der Waals surface area contributed by atoms with Gasteiger partial charge in [-0.05, 0) is 41.3 Å². The van der Waals surface area contributed by atoms with Crippen LogP contribution in [-0.2, 0) is 6.54 Å². The molecule has 0 aliphatic heterocycles.